The summed E-state index contributed by atoms with van der Waals surface area (Å²) in [5.41, 5.74) is 0. The molecule has 0 heterocycles. The second-order valence-electron chi connectivity index (χ2n) is 1.47. The molecule has 64 valence electrons. The first-order chi connectivity index (χ1) is 4.00. The zero-order valence-electron chi connectivity index (χ0n) is 5.34. The van der Waals surface area contributed by atoms with Crippen LogP contribution in [0.1, 0.15) is 0 Å². The third-order valence-corrected chi connectivity index (χ3v) is 0. The Kier molecular flexibility index (Phi) is 6.00. The van der Waals surface area contributed by atoms with Crippen LogP contribution in [0.2, 0.25) is 0 Å². The van der Waals surface area contributed by atoms with E-state index in [1.807, 2.05) is 0 Å². The van der Waals surface area contributed by atoms with Gasteiger partial charge in [-0.1, -0.05) is 0 Å². The molecule has 0 saturated heterocycles. The van der Waals surface area contributed by atoms with Crippen LogP contribution in [0.25, 0.3) is 0 Å². The van der Waals surface area contributed by atoms with Crippen molar-refractivity contribution in [3.05, 3.63) is 0 Å². The lowest BCUT2D eigenvalue weighted by Gasteiger charge is -1.74. The summed E-state index contributed by atoms with van der Waals surface area (Å²) in [6.45, 7) is 0. The molecule has 2 unspecified atom stereocenters. The maximum atomic E-state index is 9.56. The SMILES string of the molecule is CS(=O)(O)=S.CS(=O)(O)=S. The lowest BCUT2D eigenvalue weighted by atomic mass is 12.0. The molecule has 0 bridgehead atoms. The number of hydrogen-bond donors (Lipinski definition) is 2. The van der Waals surface area contributed by atoms with Gasteiger partial charge in [0.05, 0.1) is 0 Å². The van der Waals surface area contributed by atoms with Crippen molar-refractivity contribution in [1.82, 2.24) is 0 Å². The summed E-state index contributed by atoms with van der Waals surface area (Å²) in [6, 6.07) is 0. The molecule has 2 atom stereocenters. The van der Waals surface area contributed by atoms with Gasteiger partial charge in [0, 0.05) is 34.9 Å². The first kappa shape index (κ1) is 13.3. The molecule has 0 aromatic carbocycles. The highest BCUT2D eigenvalue weighted by Crippen LogP contribution is 1.63. The Morgan fingerprint density at radius 1 is 1.00 bits per heavy atom. The van der Waals surface area contributed by atoms with Crippen LogP contribution in [0, 0.1) is 0 Å². The average Bonchev–Trinajstić information content (AvgIpc) is 1.12. The molecule has 0 aromatic heterocycles. The molecule has 0 saturated carbocycles. The third-order valence-electron chi connectivity index (χ3n) is 0. The summed E-state index contributed by atoms with van der Waals surface area (Å²) < 4.78 is 34.8. The minimum absolute atomic E-state index is 1.09. The van der Waals surface area contributed by atoms with Gasteiger partial charge in [0.15, 0.2) is 0 Å². The maximum absolute atomic E-state index is 9.56. The van der Waals surface area contributed by atoms with Gasteiger partial charge in [0.2, 0.25) is 0 Å². The quantitative estimate of drug-likeness (QED) is 0.587. The predicted octanol–water partition coefficient (Wildman–Crippen LogP) is -0.329. The van der Waals surface area contributed by atoms with Crippen LogP contribution in [0.15, 0.2) is 0 Å². The van der Waals surface area contributed by atoms with E-state index < -0.39 is 17.5 Å². The fraction of sp³-hybridized carbons (Fsp3) is 1.00. The monoisotopic (exact) mass is 224 g/mol. The molecular formula is C2H8O4S4. The summed E-state index contributed by atoms with van der Waals surface area (Å²) in [7, 11) is -5.67. The third kappa shape index (κ3) is 1170. The second kappa shape index (κ2) is 4.52. The highest BCUT2D eigenvalue weighted by Gasteiger charge is 1.75. The minimum Gasteiger partial charge on any atom is -0.306 e. The Balaban J connectivity index is 0. The fourth-order valence-corrected chi connectivity index (χ4v) is 0. The number of hydrogen-bond acceptors (Lipinski definition) is 4. The first-order valence-corrected chi connectivity index (χ1v) is 7.54. The van der Waals surface area contributed by atoms with E-state index in [1.165, 1.54) is 0 Å². The summed E-state index contributed by atoms with van der Waals surface area (Å²) in [5, 5.41) is 0. The van der Waals surface area contributed by atoms with E-state index in [1.54, 1.807) is 0 Å². The van der Waals surface area contributed by atoms with Gasteiger partial charge in [-0.15, -0.1) is 0 Å². The molecule has 0 amide bonds. The van der Waals surface area contributed by atoms with Crippen molar-refractivity contribution < 1.29 is 17.5 Å². The van der Waals surface area contributed by atoms with E-state index in [4.69, 9.17) is 9.11 Å². The van der Waals surface area contributed by atoms with Crippen LogP contribution in [0.3, 0.4) is 0 Å². The molecule has 2 N–H and O–H groups in total. The van der Waals surface area contributed by atoms with Gasteiger partial charge in [0.1, 0.15) is 17.5 Å². The normalized spacial score (nSPS) is 21.2. The second-order valence-corrected chi connectivity index (χ2v) is 8.11. The summed E-state index contributed by atoms with van der Waals surface area (Å²) in [5.74, 6) is 0. The Morgan fingerprint density at radius 2 is 1.00 bits per heavy atom. The topological polar surface area (TPSA) is 74.6 Å². The molecule has 0 aliphatic carbocycles. The highest BCUT2D eigenvalue weighted by molar-refractivity contribution is 8.29. The van der Waals surface area contributed by atoms with Crippen molar-refractivity contribution in [2.45, 2.75) is 0 Å². The molecular weight excluding hydrogens is 216 g/mol. The Labute approximate surface area is 70.0 Å². The average molecular weight is 224 g/mol. The first-order valence-electron chi connectivity index (χ1n) is 1.85. The maximum Gasteiger partial charge on any atom is 0.138 e. The van der Waals surface area contributed by atoms with E-state index in [9.17, 15) is 8.42 Å². The van der Waals surface area contributed by atoms with E-state index in [-0.39, 0.29) is 0 Å². The zero-order chi connectivity index (χ0) is 9.00. The minimum atomic E-state index is -2.83. The summed E-state index contributed by atoms with van der Waals surface area (Å²) in [6.07, 6.45) is 2.17. The molecule has 0 spiro atoms. The molecule has 10 heavy (non-hydrogen) atoms. The molecule has 0 rings (SSSR count). The van der Waals surface area contributed by atoms with Crippen molar-refractivity contribution >= 4 is 39.9 Å². The fourth-order valence-electron chi connectivity index (χ4n) is 0. The van der Waals surface area contributed by atoms with Crippen LogP contribution in [0.4, 0.5) is 0 Å². The van der Waals surface area contributed by atoms with Crippen LogP contribution < -0.4 is 0 Å². The van der Waals surface area contributed by atoms with Gasteiger partial charge in [-0.3, -0.25) is 0 Å². The van der Waals surface area contributed by atoms with Crippen molar-refractivity contribution in [3.8, 4) is 0 Å². The zero-order valence-corrected chi connectivity index (χ0v) is 8.61. The molecule has 0 aliphatic rings. The van der Waals surface area contributed by atoms with Crippen LogP contribution >= 0.6 is 0 Å². The van der Waals surface area contributed by atoms with Crippen molar-refractivity contribution in [1.29, 1.82) is 0 Å². The smallest absolute Gasteiger partial charge is 0.138 e. The van der Waals surface area contributed by atoms with Gasteiger partial charge in [-0.25, -0.2) is 8.42 Å². The molecule has 4 nitrogen and oxygen atoms in total. The number of rotatable bonds is 0. The Morgan fingerprint density at radius 3 is 1.00 bits per heavy atom. The lowest BCUT2D eigenvalue weighted by Crippen LogP contribution is -1.85. The highest BCUT2D eigenvalue weighted by atomic mass is 32.8. The van der Waals surface area contributed by atoms with Gasteiger partial charge in [0.25, 0.3) is 0 Å². The van der Waals surface area contributed by atoms with Gasteiger partial charge in [-0.05, 0) is 0 Å². The molecule has 0 aromatic rings. The van der Waals surface area contributed by atoms with Gasteiger partial charge in [-0.2, -0.15) is 0 Å². The van der Waals surface area contributed by atoms with E-state index in [2.05, 4.69) is 22.4 Å². The van der Waals surface area contributed by atoms with E-state index >= 15 is 0 Å². The summed E-state index contributed by atoms with van der Waals surface area (Å²) in [4.78, 5) is 0. The predicted molar refractivity (Wildman–Crippen MR) is 48.1 cm³/mol. The largest absolute Gasteiger partial charge is 0.306 e. The van der Waals surface area contributed by atoms with Gasteiger partial charge >= 0.3 is 0 Å². The van der Waals surface area contributed by atoms with Crippen molar-refractivity contribution in [3.63, 3.8) is 0 Å². The van der Waals surface area contributed by atoms with Crippen molar-refractivity contribution in [2.75, 3.05) is 12.5 Å². The van der Waals surface area contributed by atoms with Crippen molar-refractivity contribution in [2.24, 2.45) is 0 Å². The van der Waals surface area contributed by atoms with Crippen LogP contribution in [0.5, 0.6) is 0 Å². The van der Waals surface area contributed by atoms with E-state index in [0.717, 1.165) is 12.5 Å². The summed E-state index contributed by atoms with van der Waals surface area (Å²) >= 11 is 7.82. The Hall–Kier alpha value is 0.660. The Bertz CT molecular complexity index is 212. The van der Waals surface area contributed by atoms with Gasteiger partial charge < -0.3 is 9.11 Å². The molecule has 0 aliphatic heterocycles. The van der Waals surface area contributed by atoms with E-state index in [0.29, 0.717) is 0 Å². The lowest BCUT2D eigenvalue weighted by molar-refractivity contribution is 0.566. The molecule has 0 radical (unpaired) electrons. The molecule has 8 heteroatoms. The van der Waals surface area contributed by atoms with Crippen LogP contribution in [-0.2, 0) is 39.9 Å². The standard InChI is InChI=1S/2CH4O2S2/c2*1-5(2,3)4/h2*1H3,(H,2,3,4). The van der Waals surface area contributed by atoms with Crippen LogP contribution in [-0.4, -0.2) is 30.0 Å². The molecule has 0 fully saturated rings.